The Hall–Kier alpha value is -3.08. The summed E-state index contributed by atoms with van der Waals surface area (Å²) in [4.78, 5) is 19.2. The highest BCUT2D eigenvalue weighted by Crippen LogP contribution is 2.28. The second-order valence-electron chi connectivity index (χ2n) is 8.12. The maximum absolute atomic E-state index is 13.0. The van der Waals surface area contributed by atoms with Gasteiger partial charge in [-0.3, -0.25) is 10.6 Å². The first-order valence-corrected chi connectivity index (χ1v) is 9.95. The van der Waals surface area contributed by atoms with Crippen molar-refractivity contribution in [1.82, 2.24) is 4.90 Å². The van der Waals surface area contributed by atoms with E-state index in [2.05, 4.69) is 31.9 Å². The summed E-state index contributed by atoms with van der Waals surface area (Å²) in [6.45, 7) is 7.66. The van der Waals surface area contributed by atoms with E-state index in [9.17, 15) is 4.79 Å². The van der Waals surface area contributed by atoms with Gasteiger partial charge in [-0.1, -0.05) is 10.9 Å². The molecule has 0 aromatic heterocycles. The van der Waals surface area contributed by atoms with Crippen LogP contribution < -0.4 is 21.9 Å². The molecule has 0 radical (unpaired) electrons. The zero-order chi connectivity index (χ0) is 22.3. The molecule has 0 heterocycles. The lowest BCUT2D eigenvalue weighted by atomic mass is 9.85. The first-order valence-electron chi connectivity index (χ1n) is 9.95. The Balaban J connectivity index is 2.36. The van der Waals surface area contributed by atoms with Crippen molar-refractivity contribution in [2.45, 2.75) is 26.2 Å². The van der Waals surface area contributed by atoms with E-state index < -0.39 is 5.41 Å². The number of nitrogens with two attached hydrogens (primary N) is 1. The summed E-state index contributed by atoms with van der Waals surface area (Å²) >= 11 is 0. The van der Waals surface area contributed by atoms with Gasteiger partial charge in [0.15, 0.2) is 0 Å². The zero-order valence-corrected chi connectivity index (χ0v) is 18.8. The van der Waals surface area contributed by atoms with Crippen molar-refractivity contribution in [1.29, 1.82) is 0 Å². The first kappa shape index (κ1) is 23.2. The topological polar surface area (TPSA) is 86.8 Å². The number of amides is 1. The van der Waals surface area contributed by atoms with Gasteiger partial charge in [0.25, 0.3) is 19.0 Å². The number of aryl methyl sites for hydroxylation is 1. The number of carbonyl (C=O) groups is 1. The van der Waals surface area contributed by atoms with E-state index in [4.69, 9.17) is 5.84 Å². The molecule has 0 saturated heterocycles. The van der Waals surface area contributed by atoms with Gasteiger partial charge in [0.05, 0.1) is 5.69 Å². The fourth-order valence-corrected chi connectivity index (χ4v) is 3.05. The molecule has 0 unspecified atom stereocenters. The molecule has 0 saturated carbocycles. The largest absolute Gasteiger partial charge is 0.384 e. The first-order chi connectivity index (χ1) is 14.2. The highest BCUT2D eigenvalue weighted by Gasteiger charge is 2.26. The fourth-order valence-electron chi connectivity index (χ4n) is 3.05. The number of likely N-dealkylation sites (N-methyl/N-ethyl adjacent to an activating group) is 1. The number of nitrogens with one attached hydrogen (secondary N) is 3. The summed E-state index contributed by atoms with van der Waals surface area (Å²) < 4.78 is 0. The molecule has 0 bridgehead atoms. The Kier molecular flexibility index (Phi) is 7.81. The smallest absolute Gasteiger partial charge is 0.283 e. The third-order valence-corrected chi connectivity index (χ3v) is 4.85. The summed E-state index contributed by atoms with van der Waals surface area (Å²) in [5.74, 6) is 5.36. The maximum atomic E-state index is 13.0. The molecule has 0 aliphatic carbocycles. The molecule has 1 amide bonds. The molecule has 0 fully saturated rings. The second kappa shape index (κ2) is 10.1. The van der Waals surface area contributed by atoms with Crippen molar-refractivity contribution >= 4 is 23.0 Å². The molecule has 2 rings (SSSR count). The van der Waals surface area contributed by atoms with Crippen LogP contribution in [0.5, 0.6) is 0 Å². The molecule has 0 atom stereocenters. The standard InChI is InChI=1S/C23H32N6O/c1-16-7-8-19(14-21(16)28-24)27-22(30)17-11-18(23(2,3)15-25-4)13-20(12-17)26-9-10-29(5)6/h7-8,11-14,26,28H,9-10,24H2,1-6H3/p+1. The van der Waals surface area contributed by atoms with E-state index in [-0.39, 0.29) is 5.91 Å². The SMILES string of the molecule is C[N+]#CC(C)(C)c1cc(NCCN(C)C)cc(C(=O)Nc2ccc(C)c(NN)c2)c1. The average Bonchev–Trinajstić information content (AvgIpc) is 2.68. The number of nitrogens with zero attached hydrogens (tertiary/aromatic N) is 2. The summed E-state index contributed by atoms with van der Waals surface area (Å²) in [6.07, 6.45) is 0. The summed E-state index contributed by atoms with van der Waals surface area (Å²) in [7, 11) is 5.76. The highest BCUT2D eigenvalue weighted by atomic mass is 16.1. The molecule has 30 heavy (non-hydrogen) atoms. The van der Waals surface area contributed by atoms with Gasteiger partial charge < -0.3 is 21.0 Å². The lowest BCUT2D eigenvalue weighted by Gasteiger charge is -2.18. The van der Waals surface area contributed by atoms with Crippen LogP contribution in [0.25, 0.3) is 4.85 Å². The van der Waals surface area contributed by atoms with Gasteiger partial charge in [-0.05, 0) is 76.3 Å². The number of anilines is 3. The van der Waals surface area contributed by atoms with E-state index in [1.165, 1.54) is 0 Å². The van der Waals surface area contributed by atoms with Crippen LogP contribution in [0.1, 0.15) is 35.3 Å². The van der Waals surface area contributed by atoms with Crippen LogP contribution in [0.2, 0.25) is 0 Å². The monoisotopic (exact) mass is 409 g/mol. The van der Waals surface area contributed by atoms with Crippen molar-refractivity contribution in [3.8, 4) is 6.07 Å². The Bertz CT molecular complexity index is 956. The molecule has 160 valence electrons. The number of hydrazine groups is 1. The minimum Gasteiger partial charge on any atom is -0.384 e. The third-order valence-electron chi connectivity index (χ3n) is 4.85. The number of rotatable bonds is 8. The molecule has 0 aliphatic rings. The van der Waals surface area contributed by atoms with Crippen LogP contribution >= 0.6 is 0 Å². The third kappa shape index (κ3) is 6.21. The van der Waals surface area contributed by atoms with E-state index in [0.717, 1.165) is 35.6 Å². The molecular formula is C23H33N6O+. The molecule has 2 aromatic rings. The number of hydrogen-bond donors (Lipinski definition) is 4. The van der Waals surface area contributed by atoms with Gasteiger partial charge in [0.2, 0.25) is 0 Å². The Labute approximate surface area is 179 Å². The van der Waals surface area contributed by atoms with Gasteiger partial charge in [-0.25, -0.2) is 0 Å². The van der Waals surface area contributed by atoms with Gasteiger partial charge in [-0.15, -0.1) is 0 Å². The minimum absolute atomic E-state index is 0.191. The highest BCUT2D eigenvalue weighted by molar-refractivity contribution is 6.05. The Morgan fingerprint density at radius 1 is 1.17 bits per heavy atom. The average molecular weight is 410 g/mol. The Morgan fingerprint density at radius 3 is 2.53 bits per heavy atom. The van der Waals surface area contributed by atoms with Crippen molar-refractivity contribution in [2.24, 2.45) is 5.84 Å². The van der Waals surface area contributed by atoms with Crippen LogP contribution in [-0.4, -0.2) is 45.0 Å². The summed E-state index contributed by atoms with van der Waals surface area (Å²) in [5, 5.41) is 6.37. The predicted octanol–water partition coefficient (Wildman–Crippen LogP) is 3.75. The summed E-state index contributed by atoms with van der Waals surface area (Å²) in [6, 6.07) is 14.5. The summed E-state index contributed by atoms with van der Waals surface area (Å²) in [5.41, 5.74) is 7.07. The van der Waals surface area contributed by atoms with E-state index >= 15 is 0 Å². The zero-order valence-electron chi connectivity index (χ0n) is 18.8. The number of nitrogen functional groups attached to an aromatic ring is 1. The van der Waals surface area contributed by atoms with E-state index in [1.54, 1.807) is 7.05 Å². The number of carbonyl (C=O) groups excluding carboxylic acids is 1. The van der Waals surface area contributed by atoms with Gasteiger partial charge in [0, 0.05) is 30.0 Å². The van der Waals surface area contributed by atoms with Crippen LogP contribution in [0.3, 0.4) is 0 Å². The molecule has 5 N–H and O–H groups in total. The normalized spacial score (nSPS) is 10.9. The molecule has 0 aliphatic heterocycles. The predicted molar refractivity (Wildman–Crippen MR) is 127 cm³/mol. The van der Waals surface area contributed by atoms with Gasteiger partial charge in [0.1, 0.15) is 5.41 Å². The van der Waals surface area contributed by atoms with Crippen LogP contribution in [0, 0.1) is 13.0 Å². The van der Waals surface area contributed by atoms with Crippen LogP contribution in [0.15, 0.2) is 36.4 Å². The maximum Gasteiger partial charge on any atom is 0.283 e. The number of hydrogen-bond acceptors (Lipinski definition) is 5. The van der Waals surface area contributed by atoms with E-state index in [1.807, 2.05) is 71.3 Å². The van der Waals surface area contributed by atoms with Crippen molar-refractivity contribution in [3.63, 3.8) is 0 Å². The van der Waals surface area contributed by atoms with Crippen molar-refractivity contribution in [3.05, 3.63) is 57.9 Å². The molecule has 0 spiro atoms. The molecular weight excluding hydrogens is 376 g/mol. The van der Waals surface area contributed by atoms with Crippen molar-refractivity contribution < 1.29 is 4.79 Å². The molecule has 7 heteroatoms. The molecule has 2 aromatic carbocycles. The quantitative estimate of drug-likeness (QED) is 0.394. The van der Waals surface area contributed by atoms with E-state index in [0.29, 0.717) is 11.3 Å². The number of benzene rings is 2. The molecule has 7 nitrogen and oxygen atoms in total. The lowest BCUT2D eigenvalue weighted by Crippen LogP contribution is -2.22. The van der Waals surface area contributed by atoms with Gasteiger partial charge >= 0.3 is 0 Å². The Morgan fingerprint density at radius 2 is 1.90 bits per heavy atom. The van der Waals surface area contributed by atoms with Crippen molar-refractivity contribution in [2.75, 3.05) is 50.3 Å². The minimum atomic E-state index is -0.427. The lowest BCUT2D eigenvalue weighted by molar-refractivity contribution is 0.102. The van der Waals surface area contributed by atoms with Crippen LogP contribution in [0.4, 0.5) is 17.1 Å². The fraction of sp³-hybridized carbons (Fsp3) is 0.391. The second-order valence-corrected chi connectivity index (χ2v) is 8.12. The van der Waals surface area contributed by atoms with Gasteiger partial charge in [-0.2, -0.15) is 0 Å². The van der Waals surface area contributed by atoms with Crippen LogP contribution in [-0.2, 0) is 5.41 Å².